The van der Waals surface area contributed by atoms with E-state index < -0.39 is 14.4 Å². The lowest BCUT2D eigenvalue weighted by molar-refractivity contribution is 1.32. The Balaban J connectivity index is 5.90. The van der Waals surface area contributed by atoms with E-state index in [-0.39, 0.29) is 8.07 Å². The molecule has 0 aliphatic heterocycles. The van der Waals surface area contributed by atoms with Crippen molar-refractivity contribution < 1.29 is 0 Å². The molecule has 0 aromatic carbocycles. The van der Waals surface area contributed by atoms with Crippen molar-refractivity contribution in [3.8, 4) is 0 Å². The summed E-state index contributed by atoms with van der Waals surface area (Å²) in [7, 11) is -3.28. The minimum atomic E-state index is -1.57. The van der Waals surface area contributed by atoms with Gasteiger partial charge in [-0.25, -0.2) is 4.52 Å². The van der Waals surface area contributed by atoms with E-state index in [1.54, 1.807) is 0 Å². The van der Waals surface area contributed by atoms with Gasteiger partial charge in [-0.2, -0.15) is 0 Å². The van der Waals surface area contributed by atoms with Gasteiger partial charge in [0.25, 0.3) is 0 Å². The maximum Gasteiger partial charge on any atom is 0.0789 e. The van der Waals surface area contributed by atoms with E-state index in [2.05, 4.69) is 53.0 Å². The first-order valence-electron chi connectivity index (χ1n) is 7.46. The van der Waals surface area contributed by atoms with E-state index in [4.69, 9.17) is 9.03 Å². The van der Waals surface area contributed by atoms with E-state index in [1.807, 2.05) is 0 Å². The predicted molar refractivity (Wildman–Crippen MR) is 98.4 cm³/mol. The highest BCUT2D eigenvalue weighted by molar-refractivity contribution is 7.79. The molecule has 0 unspecified atom stereocenters. The van der Waals surface area contributed by atoms with Crippen LogP contribution < -0.4 is 0 Å². The Labute approximate surface area is 122 Å². The Morgan fingerprint density at radius 3 is 1.47 bits per heavy atom. The highest BCUT2D eigenvalue weighted by atomic mass is 31.2. The first-order chi connectivity index (χ1) is 9.00. The molecular weight excluding hydrogens is 291 g/mol. The van der Waals surface area contributed by atoms with Crippen LogP contribution in [0.4, 0.5) is 0 Å². The molecule has 6 heteroatoms. The van der Waals surface area contributed by atoms with Crippen molar-refractivity contribution in [1.82, 2.24) is 0 Å². The number of rotatable bonds is 9. The third-order valence-electron chi connectivity index (χ3n) is 3.65. The van der Waals surface area contributed by atoms with Crippen LogP contribution in [-0.2, 0) is 0 Å². The standard InChI is InChI=1S/C13H32N3P3/c1-8-17(9-2)15-19(12-5,13-6)16-18(10-3,11-4)14-7/h7-13H2,1-6H3. The highest BCUT2D eigenvalue weighted by Crippen LogP contribution is 2.67. The lowest BCUT2D eigenvalue weighted by atomic mass is 11.0. The zero-order chi connectivity index (χ0) is 14.9. The Morgan fingerprint density at radius 1 is 0.789 bits per heavy atom. The molecule has 0 aromatic rings. The van der Waals surface area contributed by atoms with Gasteiger partial charge in [0, 0.05) is 8.07 Å². The fourth-order valence-corrected chi connectivity index (χ4v) is 12.8. The maximum absolute atomic E-state index is 5.31. The molecule has 0 aliphatic carbocycles. The first kappa shape index (κ1) is 19.6. The van der Waals surface area contributed by atoms with Crippen LogP contribution in [0.3, 0.4) is 0 Å². The average molecular weight is 323 g/mol. The Morgan fingerprint density at radius 2 is 1.21 bits per heavy atom. The topological polar surface area (TPSA) is 37.1 Å². The highest BCUT2D eigenvalue weighted by Gasteiger charge is 2.21. The van der Waals surface area contributed by atoms with Crippen LogP contribution in [-0.4, -0.2) is 43.7 Å². The zero-order valence-corrected chi connectivity index (χ0v) is 16.3. The molecule has 0 rings (SSSR count). The minimum absolute atomic E-state index is 0.187. The third-order valence-corrected chi connectivity index (χ3v) is 14.7. The number of nitrogens with zero attached hydrogens (tertiary/aromatic N) is 3. The van der Waals surface area contributed by atoms with Crippen LogP contribution >= 0.6 is 22.5 Å². The van der Waals surface area contributed by atoms with E-state index in [0.717, 1.165) is 24.6 Å². The summed E-state index contributed by atoms with van der Waals surface area (Å²) in [5, 5.41) is 0. The molecule has 0 radical (unpaired) electrons. The summed E-state index contributed by atoms with van der Waals surface area (Å²) in [6.07, 6.45) is 6.66. The Bertz CT molecular complexity index is 357. The van der Waals surface area contributed by atoms with Crippen molar-refractivity contribution in [3.05, 3.63) is 0 Å². The number of hydrogen-bond donors (Lipinski definition) is 0. The van der Waals surface area contributed by atoms with Gasteiger partial charge >= 0.3 is 0 Å². The molecule has 0 fully saturated rings. The summed E-state index contributed by atoms with van der Waals surface area (Å²) in [4.78, 5) is 0. The van der Waals surface area contributed by atoms with Gasteiger partial charge in [0.05, 0.1) is 14.4 Å². The molecule has 0 amide bonds. The largest absolute Gasteiger partial charge is 0.260 e. The second-order valence-electron chi connectivity index (χ2n) is 4.48. The maximum atomic E-state index is 5.31. The van der Waals surface area contributed by atoms with Crippen molar-refractivity contribution in [2.45, 2.75) is 41.5 Å². The SMILES string of the molecule is C=NP(CC)(CC)=NP(CC)(CC)=NP(CC)CC. The summed E-state index contributed by atoms with van der Waals surface area (Å²) in [6, 6.07) is 0. The number of hydrogen-bond acceptors (Lipinski definition) is 1. The molecule has 0 saturated carbocycles. The van der Waals surface area contributed by atoms with Crippen molar-refractivity contribution in [1.29, 1.82) is 0 Å². The molecule has 114 valence electrons. The third kappa shape index (κ3) is 5.45. The summed E-state index contributed by atoms with van der Waals surface area (Å²) < 4.78 is 15.0. The van der Waals surface area contributed by atoms with Gasteiger partial charge in [-0.3, -0.25) is 9.28 Å². The van der Waals surface area contributed by atoms with Crippen molar-refractivity contribution in [2.24, 2.45) is 13.8 Å². The Hall–Kier alpha value is 0.560. The van der Waals surface area contributed by atoms with E-state index in [1.165, 1.54) is 12.3 Å². The van der Waals surface area contributed by atoms with Crippen LogP contribution in [0, 0.1) is 0 Å². The van der Waals surface area contributed by atoms with Crippen molar-refractivity contribution in [3.63, 3.8) is 0 Å². The molecule has 0 atom stereocenters. The van der Waals surface area contributed by atoms with E-state index >= 15 is 0 Å². The smallest absolute Gasteiger partial charge is 0.0789 e. The fraction of sp³-hybridized carbons (Fsp3) is 0.923. The van der Waals surface area contributed by atoms with E-state index in [9.17, 15) is 0 Å². The lowest BCUT2D eigenvalue weighted by Gasteiger charge is -2.26. The average Bonchev–Trinajstić information content (AvgIpc) is 2.49. The molecule has 0 aliphatic rings. The van der Waals surface area contributed by atoms with Gasteiger partial charge in [-0.15, -0.1) is 0 Å². The molecule has 0 aromatic heterocycles. The van der Waals surface area contributed by atoms with Gasteiger partial charge in [-0.05, 0) is 43.7 Å². The summed E-state index contributed by atoms with van der Waals surface area (Å²) in [5.74, 6) is 0. The van der Waals surface area contributed by atoms with Gasteiger partial charge in [0.2, 0.25) is 0 Å². The monoisotopic (exact) mass is 323 g/mol. The minimum Gasteiger partial charge on any atom is -0.260 e. The molecule has 0 N–H and O–H groups in total. The first-order valence-corrected chi connectivity index (χ1v) is 13.3. The van der Waals surface area contributed by atoms with E-state index in [0.29, 0.717) is 0 Å². The van der Waals surface area contributed by atoms with Crippen LogP contribution in [0.1, 0.15) is 41.5 Å². The second kappa shape index (κ2) is 9.49. The second-order valence-corrected chi connectivity index (χ2v) is 14.5. The molecule has 19 heavy (non-hydrogen) atoms. The van der Waals surface area contributed by atoms with Crippen LogP contribution in [0.15, 0.2) is 13.8 Å². The van der Waals surface area contributed by atoms with Gasteiger partial charge < -0.3 is 0 Å². The van der Waals surface area contributed by atoms with Crippen molar-refractivity contribution in [2.75, 3.05) is 37.0 Å². The lowest BCUT2D eigenvalue weighted by Crippen LogP contribution is -1.92. The summed E-state index contributed by atoms with van der Waals surface area (Å²) in [6.45, 7) is 17.3. The van der Waals surface area contributed by atoms with Crippen LogP contribution in [0.25, 0.3) is 0 Å². The molecular formula is C13H32N3P3. The van der Waals surface area contributed by atoms with Gasteiger partial charge in [0.15, 0.2) is 0 Å². The molecule has 0 bridgehead atoms. The van der Waals surface area contributed by atoms with Crippen LogP contribution in [0.5, 0.6) is 0 Å². The zero-order valence-electron chi connectivity index (χ0n) is 13.6. The quantitative estimate of drug-likeness (QED) is 0.346. The normalized spacial score (nSPS) is 12.6. The molecule has 0 spiro atoms. The molecule has 0 heterocycles. The predicted octanol–water partition coefficient (Wildman–Crippen LogP) is 6.44. The fourth-order valence-electron chi connectivity index (χ4n) is 1.97. The van der Waals surface area contributed by atoms with Crippen LogP contribution in [0.2, 0.25) is 0 Å². The van der Waals surface area contributed by atoms with Gasteiger partial charge in [0.1, 0.15) is 0 Å². The summed E-state index contributed by atoms with van der Waals surface area (Å²) in [5.41, 5.74) is 0. The van der Waals surface area contributed by atoms with Gasteiger partial charge in [-0.1, -0.05) is 41.5 Å². The molecule has 3 nitrogen and oxygen atoms in total. The van der Waals surface area contributed by atoms with Crippen molar-refractivity contribution >= 4 is 29.2 Å². The Kier molecular flexibility index (Phi) is 9.77. The summed E-state index contributed by atoms with van der Waals surface area (Å²) >= 11 is 0. The molecule has 0 saturated heterocycles.